The Hall–Kier alpha value is -1.11. The van der Waals surface area contributed by atoms with E-state index in [0.29, 0.717) is 5.56 Å². The third-order valence-electron chi connectivity index (χ3n) is 2.70. The smallest absolute Gasteiger partial charge is 0.266 e. The van der Waals surface area contributed by atoms with Gasteiger partial charge in [0.2, 0.25) is 0 Å². The molecule has 0 aliphatic carbocycles. The van der Waals surface area contributed by atoms with Crippen LogP contribution in [-0.2, 0) is 4.74 Å². The molecule has 0 unspecified atom stereocenters. The number of amides is 1. The number of hydrazine groups is 1. The molecule has 6 heteroatoms. The predicted octanol–water partition coefficient (Wildman–Crippen LogP) is 0.889. The van der Waals surface area contributed by atoms with E-state index in [1.54, 1.807) is 6.07 Å². The summed E-state index contributed by atoms with van der Waals surface area (Å²) in [6.45, 7) is 3.22. The summed E-state index contributed by atoms with van der Waals surface area (Å²) < 4.78 is 6.04. The standard InChI is InChI=1S/C11H14BrN3O2/c12-10-7-8(15-3-5-17-6-4-15)1-2-9(10)11(16)14-13/h1-2,7H,3-6,13H2,(H,14,16). The molecule has 0 bridgehead atoms. The predicted molar refractivity (Wildman–Crippen MR) is 68.8 cm³/mol. The van der Waals surface area contributed by atoms with Gasteiger partial charge in [0.1, 0.15) is 0 Å². The first-order valence-corrected chi connectivity index (χ1v) is 6.15. The summed E-state index contributed by atoms with van der Waals surface area (Å²) in [7, 11) is 0. The van der Waals surface area contributed by atoms with Crippen molar-refractivity contribution >= 4 is 27.5 Å². The van der Waals surface area contributed by atoms with Gasteiger partial charge in [0.15, 0.2) is 0 Å². The molecular formula is C11H14BrN3O2. The molecule has 1 fully saturated rings. The fourth-order valence-corrected chi connectivity index (χ4v) is 2.33. The molecule has 5 nitrogen and oxygen atoms in total. The van der Waals surface area contributed by atoms with E-state index in [9.17, 15) is 4.79 Å². The van der Waals surface area contributed by atoms with Crippen molar-refractivity contribution in [2.24, 2.45) is 5.84 Å². The molecule has 1 amide bonds. The number of nitrogens with one attached hydrogen (secondary N) is 1. The van der Waals surface area contributed by atoms with Gasteiger partial charge >= 0.3 is 0 Å². The third-order valence-corrected chi connectivity index (χ3v) is 3.36. The Morgan fingerprint density at radius 1 is 1.41 bits per heavy atom. The van der Waals surface area contributed by atoms with Gasteiger partial charge in [0, 0.05) is 23.2 Å². The van der Waals surface area contributed by atoms with Crippen LogP contribution in [0.25, 0.3) is 0 Å². The van der Waals surface area contributed by atoms with Crippen LogP contribution in [0.1, 0.15) is 10.4 Å². The van der Waals surface area contributed by atoms with Crippen LogP contribution in [0.4, 0.5) is 5.69 Å². The molecular weight excluding hydrogens is 286 g/mol. The Morgan fingerprint density at radius 3 is 2.71 bits per heavy atom. The zero-order chi connectivity index (χ0) is 12.3. The number of ether oxygens (including phenoxy) is 1. The second kappa shape index (κ2) is 5.48. The summed E-state index contributed by atoms with van der Waals surface area (Å²) in [6.07, 6.45) is 0. The average molecular weight is 300 g/mol. The number of nitrogens with zero attached hydrogens (tertiary/aromatic N) is 1. The number of rotatable bonds is 2. The lowest BCUT2D eigenvalue weighted by molar-refractivity contribution is 0.0953. The highest BCUT2D eigenvalue weighted by atomic mass is 79.9. The molecule has 2 rings (SSSR count). The van der Waals surface area contributed by atoms with Gasteiger partial charge in [-0.1, -0.05) is 0 Å². The highest BCUT2D eigenvalue weighted by Gasteiger charge is 2.14. The number of halogens is 1. The Morgan fingerprint density at radius 2 is 2.12 bits per heavy atom. The fraction of sp³-hybridized carbons (Fsp3) is 0.364. The lowest BCUT2D eigenvalue weighted by Gasteiger charge is -2.29. The molecule has 0 radical (unpaired) electrons. The van der Waals surface area contributed by atoms with Crippen molar-refractivity contribution in [2.75, 3.05) is 31.2 Å². The van der Waals surface area contributed by atoms with Crippen LogP contribution in [0.15, 0.2) is 22.7 Å². The van der Waals surface area contributed by atoms with E-state index in [0.717, 1.165) is 36.5 Å². The van der Waals surface area contributed by atoms with Gasteiger partial charge in [-0.25, -0.2) is 5.84 Å². The fourth-order valence-electron chi connectivity index (χ4n) is 1.78. The molecule has 1 heterocycles. The van der Waals surface area contributed by atoms with Crippen molar-refractivity contribution in [1.29, 1.82) is 0 Å². The number of nitrogens with two attached hydrogens (primary N) is 1. The summed E-state index contributed by atoms with van der Waals surface area (Å²) in [5.74, 6) is 4.81. The van der Waals surface area contributed by atoms with Crippen molar-refractivity contribution in [3.05, 3.63) is 28.2 Å². The molecule has 0 spiro atoms. The molecule has 1 aliphatic rings. The third kappa shape index (κ3) is 2.77. The van der Waals surface area contributed by atoms with Gasteiger partial charge in [-0.15, -0.1) is 0 Å². The first-order chi connectivity index (χ1) is 8.22. The van der Waals surface area contributed by atoms with Gasteiger partial charge < -0.3 is 9.64 Å². The highest BCUT2D eigenvalue weighted by molar-refractivity contribution is 9.10. The normalized spacial score (nSPS) is 15.8. The maximum Gasteiger partial charge on any atom is 0.266 e. The summed E-state index contributed by atoms with van der Waals surface area (Å²) in [5.41, 5.74) is 3.73. The van der Waals surface area contributed by atoms with E-state index in [1.165, 1.54) is 0 Å². The molecule has 1 aliphatic heterocycles. The van der Waals surface area contributed by atoms with Crippen molar-refractivity contribution in [3.63, 3.8) is 0 Å². The van der Waals surface area contributed by atoms with Crippen LogP contribution in [0, 0.1) is 0 Å². The molecule has 0 atom stereocenters. The maximum absolute atomic E-state index is 11.4. The van der Waals surface area contributed by atoms with Crippen molar-refractivity contribution in [3.8, 4) is 0 Å². The topological polar surface area (TPSA) is 67.6 Å². The van der Waals surface area contributed by atoms with E-state index in [2.05, 4.69) is 26.3 Å². The Balaban J connectivity index is 2.20. The number of benzene rings is 1. The summed E-state index contributed by atoms with van der Waals surface area (Å²) in [6, 6.07) is 5.60. The van der Waals surface area contributed by atoms with Gasteiger partial charge in [0.05, 0.1) is 18.8 Å². The largest absolute Gasteiger partial charge is 0.378 e. The molecule has 1 saturated heterocycles. The molecule has 17 heavy (non-hydrogen) atoms. The van der Waals surface area contributed by atoms with E-state index in [4.69, 9.17) is 10.6 Å². The first-order valence-electron chi connectivity index (χ1n) is 5.35. The van der Waals surface area contributed by atoms with Gasteiger partial charge in [-0.2, -0.15) is 0 Å². The van der Waals surface area contributed by atoms with E-state index < -0.39 is 0 Å². The molecule has 0 aromatic heterocycles. The van der Waals surface area contributed by atoms with Crippen molar-refractivity contribution < 1.29 is 9.53 Å². The van der Waals surface area contributed by atoms with Gasteiger partial charge in [-0.05, 0) is 34.1 Å². The Labute approximate surface area is 108 Å². The van der Waals surface area contributed by atoms with E-state index in [-0.39, 0.29) is 5.91 Å². The number of carbonyl (C=O) groups excluding carboxylic acids is 1. The van der Waals surface area contributed by atoms with E-state index >= 15 is 0 Å². The zero-order valence-electron chi connectivity index (χ0n) is 9.28. The van der Waals surface area contributed by atoms with Crippen LogP contribution in [0.5, 0.6) is 0 Å². The highest BCUT2D eigenvalue weighted by Crippen LogP contribution is 2.24. The summed E-state index contributed by atoms with van der Waals surface area (Å²) >= 11 is 3.38. The number of hydrogen-bond acceptors (Lipinski definition) is 4. The van der Waals surface area contributed by atoms with E-state index in [1.807, 2.05) is 12.1 Å². The van der Waals surface area contributed by atoms with Crippen LogP contribution in [-0.4, -0.2) is 32.2 Å². The molecule has 1 aromatic rings. The molecule has 0 saturated carbocycles. The number of morpholine rings is 1. The SMILES string of the molecule is NNC(=O)c1ccc(N2CCOCC2)cc1Br. The summed E-state index contributed by atoms with van der Waals surface area (Å²) in [5, 5.41) is 0. The van der Waals surface area contributed by atoms with Crippen LogP contribution in [0.2, 0.25) is 0 Å². The minimum atomic E-state index is -0.301. The second-order valence-electron chi connectivity index (χ2n) is 3.74. The van der Waals surface area contributed by atoms with Crippen LogP contribution < -0.4 is 16.2 Å². The minimum Gasteiger partial charge on any atom is -0.378 e. The van der Waals surface area contributed by atoms with Crippen molar-refractivity contribution in [1.82, 2.24) is 5.43 Å². The van der Waals surface area contributed by atoms with Crippen molar-refractivity contribution in [2.45, 2.75) is 0 Å². The van der Waals surface area contributed by atoms with Crippen LogP contribution >= 0.6 is 15.9 Å². The average Bonchev–Trinajstić information content (AvgIpc) is 2.39. The van der Waals surface area contributed by atoms with Gasteiger partial charge in [-0.3, -0.25) is 10.2 Å². The zero-order valence-corrected chi connectivity index (χ0v) is 10.9. The lowest BCUT2D eigenvalue weighted by Crippen LogP contribution is -2.36. The molecule has 1 aromatic carbocycles. The minimum absolute atomic E-state index is 0.301. The lowest BCUT2D eigenvalue weighted by atomic mass is 10.2. The maximum atomic E-state index is 11.4. The number of anilines is 1. The summed E-state index contributed by atoms with van der Waals surface area (Å²) in [4.78, 5) is 13.6. The van der Waals surface area contributed by atoms with Crippen LogP contribution in [0.3, 0.4) is 0 Å². The first kappa shape index (κ1) is 12.3. The quantitative estimate of drug-likeness (QED) is 0.483. The molecule has 3 N–H and O–H groups in total. The monoisotopic (exact) mass is 299 g/mol. The Bertz CT molecular complexity index is 419. The number of nitrogen functional groups attached to an aromatic ring is 1. The number of hydrogen-bond donors (Lipinski definition) is 2. The molecule has 92 valence electrons. The Kier molecular flexibility index (Phi) is 3.98. The second-order valence-corrected chi connectivity index (χ2v) is 4.59. The van der Waals surface area contributed by atoms with Gasteiger partial charge in [0.25, 0.3) is 5.91 Å². The number of carbonyl (C=O) groups is 1.